The average molecular weight is 568 g/mol. The molecule has 2 saturated heterocycles. The quantitative estimate of drug-likeness (QED) is 0.392. The molecule has 3 heterocycles. The van der Waals surface area contributed by atoms with Crippen molar-refractivity contribution in [1.82, 2.24) is 19.9 Å². The zero-order valence-corrected chi connectivity index (χ0v) is 24.0. The van der Waals surface area contributed by atoms with Crippen LogP contribution in [0.25, 0.3) is 0 Å². The van der Waals surface area contributed by atoms with Crippen LogP contribution in [-0.2, 0) is 14.6 Å². The number of hydrogen-bond donors (Lipinski definition) is 2. The second-order valence-corrected chi connectivity index (χ2v) is 12.7. The summed E-state index contributed by atoms with van der Waals surface area (Å²) in [6.45, 7) is 9.01. The fraction of sp³-hybridized carbons (Fsp3) is 0.464. The highest BCUT2D eigenvalue weighted by atomic mass is 32.2. The number of rotatable bonds is 9. The number of benzene rings is 2. The number of piperidine rings is 1. The highest BCUT2D eigenvalue weighted by Crippen LogP contribution is 2.33. The van der Waals surface area contributed by atoms with Gasteiger partial charge in [0, 0.05) is 44.0 Å². The Morgan fingerprint density at radius 2 is 1.62 bits per heavy atom. The van der Waals surface area contributed by atoms with E-state index in [0.29, 0.717) is 23.4 Å². The zero-order valence-electron chi connectivity index (χ0n) is 23.2. The van der Waals surface area contributed by atoms with Crippen LogP contribution in [0.5, 0.6) is 5.75 Å². The van der Waals surface area contributed by atoms with Gasteiger partial charge in [0.05, 0.1) is 41.8 Å². The molecule has 0 bridgehead atoms. The van der Waals surface area contributed by atoms with Crippen LogP contribution in [0.15, 0.2) is 53.7 Å². The summed E-state index contributed by atoms with van der Waals surface area (Å²) in [5.41, 5.74) is 2.24. The molecule has 40 heavy (non-hydrogen) atoms. The number of nitrogens with zero attached hydrogens (tertiary/aromatic N) is 5. The molecule has 2 N–H and O–H groups in total. The largest absolute Gasteiger partial charge is 0.494 e. The molecule has 3 aromatic rings. The second kappa shape index (κ2) is 12.4. The van der Waals surface area contributed by atoms with Gasteiger partial charge in [-0.15, -0.1) is 0 Å². The lowest BCUT2D eigenvalue weighted by atomic mass is 10.0. The van der Waals surface area contributed by atoms with Crippen molar-refractivity contribution in [2.75, 3.05) is 62.0 Å². The van der Waals surface area contributed by atoms with E-state index in [-0.39, 0.29) is 10.8 Å². The number of anilines is 5. The molecule has 11 nitrogen and oxygen atoms in total. The van der Waals surface area contributed by atoms with Crippen molar-refractivity contribution in [3.05, 3.63) is 48.8 Å². The van der Waals surface area contributed by atoms with E-state index in [0.717, 1.165) is 63.6 Å². The van der Waals surface area contributed by atoms with Crippen LogP contribution in [-0.4, -0.2) is 86.1 Å². The van der Waals surface area contributed by atoms with Gasteiger partial charge in [0.25, 0.3) is 0 Å². The maximum atomic E-state index is 12.8. The van der Waals surface area contributed by atoms with Crippen LogP contribution < -0.4 is 20.3 Å². The molecule has 0 spiro atoms. The molecule has 5 rings (SSSR count). The topological polar surface area (TPSA) is 122 Å². The van der Waals surface area contributed by atoms with E-state index in [9.17, 15) is 8.42 Å². The SMILES string of the molecule is COc1cc(N2CCC(N3CCOCC3)CC2)ccc1Nc1ncnc(Nc2ccccc2S(=O)(=O)C(C)C)n1. The van der Waals surface area contributed by atoms with Gasteiger partial charge in [0.2, 0.25) is 11.9 Å². The molecule has 0 radical (unpaired) electrons. The van der Waals surface area contributed by atoms with Gasteiger partial charge in [-0.1, -0.05) is 12.1 Å². The van der Waals surface area contributed by atoms with E-state index in [1.807, 2.05) is 12.1 Å². The van der Waals surface area contributed by atoms with Crippen LogP contribution in [0.4, 0.5) is 29.0 Å². The van der Waals surface area contributed by atoms with Gasteiger partial charge in [-0.25, -0.2) is 18.4 Å². The molecule has 1 aromatic heterocycles. The van der Waals surface area contributed by atoms with Gasteiger partial charge in [0.15, 0.2) is 9.84 Å². The predicted octanol–water partition coefficient (Wildman–Crippen LogP) is 3.85. The normalized spacial score (nSPS) is 17.1. The summed E-state index contributed by atoms with van der Waals surface area (Å²) in [6, 6.07) is 13.4. The molecule has 2 aliphatic heterocycles. The Bertz CT molecular complexity index is 1410. The van der Waals surface area contributed by atoms with Gasteiger partial charge in [-0.2, -0.15) is 4.98 Å². The van der Waals surface area contributed by atoms with Crippen molar-refractivity contribution in [2.45, 2.75) is 42.9 Å². The first-order valence-electron chi connectivity index (χ1n) is 13.7. The zero-order chi connectivity index (χ0) is 28.1. The lowest BCUT2D eigenvalue weighted by molar-refractivity contribution is 0.0115. The molecule has 0 atom stereocenters. The summed E-state index contributed by atoms with van der Waals surface area (Å²) in [6.07, 6.45) is 3.63. The van der Waals surface area contributed by atoms with Crippen molar-refractivity contribution >= 4 is 38.8 Å². The standard InChI is InChI=1S/C28H37N7O4S/c1-20(2)40(36,37)26-7-5-4-6-24(26)32-28-30-19-29-27(33-28)31-23-9-8-22(18-25(23)38-3)34-12-10-21(11-13-34)35-14-16-39-17-15-35/h4-9,18-21H,10-17H2,1-3H3,(H2,29,30,31,32,33). The minimum Gasteiger partial charge on any atom is -0.494 e. The molecule has 0 unspecified atom stereocenters. The van der Waals surface area contributed by atoms with Crippen LogP contribution >= 0.6 is 0 Å². The highest BCUT2D eigenvalue weighted by Gasteiger charge is 2.26. The van der Waals surface area contributed by atoms with Crippen molar-refractivity contribution < 1.29 is 17.9 Å². The third-order valence-corrected chi connectivity index (χ3v) is 9.67. The molecule has 2 fully saturated rings. The lowest BCUT2D eigenvalue weighted by Crippen LogP contribution is -2.49. The number of nitrogens with one attached hydrogen (secondary N) is 2. The maximum absolute atomic E-state index is 12.8. The smallest absolute Gasteiger partial charge is 0.232 e. The Hall–Kier alpha value is -3.48. The predicted molar refractivity (Wildman–Crippen MR) is 156 cm³/mol. The summed E-state index contributed by atoms with van der Waals surface area (Å²) in [5, 5.41) is 5.69. The fourth-order valence-electron chi connectivity index (χ4n) is 5.14. The number of morpholine rings is 1. The van der Waals surface area contributed by atoms with E-state index >= 15 is 0 Å². The van der Waals surface area contributed by atoms with Crippen LogP contribution in [0.3, 0.4) is 0 Å². The molecular weight excluding hydrogens is 530 g/mol. The number of hydrogen-bond acceptors (Lipinski definition) is 11. The van der Waals surface area contributed by atoms with E-state index in [2.05, 4.69) is 41.5 Å². The maximum Gasteiger partial charge on any atom is 0.232 e. The molecule has 0 saturated carbocycles. The number of sulfone groups is 1. The first-order chi connectivity index (χ1) is 19.3. The Labute approximate surface area is 235 Å². The van der Waals surface area contributed by atoms with Crippen molar-refractivity contribution in [2.24, 2.45) is 0 Å². The van der Waals surface area contributed by atoms with Gasteiger partial charge < -0.3 is 25.0 Å². The number of aromatic nitrogens is 3. The summed E-state index contributed by atoms with van der Waals surface area (Å²) in [4.78, 5) is 18.0. The van der Waals surface area contributed by atoms with Crippen molar-refractivity contribution in [1.29, 1.82) is 0 Å². The fourth-order valence-corrected chi connectivity index (χ4v) is 6.34. The van der Waals surface area contributed by atoms with E-state index in [1.54, 1.807) is 45.2 Å². The summed E-state index contributed by atoms with van der Waals surface area (Å²) in [7, 11) is -1.85. The second-order valence-electron chi connectivity index (χ2n) is 10.2. The molecule has 2 aromatic carbocycles. The first-order valence-corrected chi connectivity index (χ1v) is 15.2. The summed E-state index contributed by atoms with van der Waals surface area (Å²) < 4.78 is 36.9. The summed E-state index contributed by atoms with van der Waals surface area (Å²) in [5.74, 6) is 1.21. The monoisotopic (exact) mass is 567 g/mol. The van der Waals surface area contributed by atoms with Crippen LogP contribution in [0.1, 0.15) is 26.7 Å². The Morgan fingerprint density at radius 1 is 0.950 bits per heavy atom. The number of para-hydroxylation sites is 1. The average Bonchev–Trinajstić information content (AvgIpc) is 2.98. The third kappa shape index (κ3) is 6.29. The van der Waals surface area contributed by atoms with Crippen LogP contribution in [0, 0.1) is 0 Å². The molecule has 2 aliphatic rings. The lowest BCUT2D eigenvalue weighted by Gasteiger charge is -2.40. The molecule has 214 valence electrons. The molecule has 0 amide bonds. The van der Waals surface area contributed by atoms with Gasteiger partial charge >= 0.3 is 0 Å². The Kier molecular flexibility index (Phi) is 8.67. The highest BCUT2D eigenvalue weighted by molar-refractivity contribution is 7.92. The number of methoxy groups -OCH3 is 1. The summed E-state index contributed by atoms with van der Waals surface area (Å²) >= 11 is 0. The van der Waals surface area contributed by atoms with Gasteiger partial charge in [-0.3, -0.25) is 4.90 Å². The van der Waals surface area contributed by atoms with Crippen molar-refractivity contribution in [3.63, 3.8) is 0 Å². The number of ether oxygens (including phenoxy) is 2. The molecule has 12 heteroatoms. The van der Waals surface area contributed by atoms with E-state index in [1.165, 1.54) is 6.33 Å². The Balaban J connectivity index is 1.27. The Morgan fingerprint density at radius 3 is 2.30 bits per heavy atom. The third-order valence-electron chi connectivity index (χ3n) is 7.46. The van der Waals surface area contributed by atoms with Crippen molar-refractivity contribution in [3.8, 4) is 5.75 Å². The van der Waals surface area contributed by atoms with Gasteiger partial charge in [0.1, 0.15) is 12.1 Å². The molecular formula is C28H37N7O4S. The minimum absolute atomic E-state index is 0.200. The van der Waals surface area contributed by atoms with E-state index < -0.39 is 15.1 Å². The minimum atomic E-state index is -3.50. The first kappa shape index (κ1) is 28.1. The van der Waals surface area contributed by atoms with Crippen LogP contribution in [0.2, 0.25) is 0 Å². The molecule has 0 aliphatic carbocycles. The van der Waals surface area contributed by atoms with Gasteiger partial charge in [-0.05, 0) is 51.0 Å². The van der Waals surface area contributed by atoms with E-state index in [4.69, 9.17) is 9.47 Å².